The van der Waals surface area contributed by atoms with Crippen molar-refractivity contribution in [2.75, 3.05) is 30.9 Å². The number of amides is 3. The SMILES string of the molecule is CC1=[N+](O)C(C)C(=O)N(C)c2ccccc21.CC1C(=O)N(C)c2ccccc2C(=O)N1C. The molecule has 2 aliphatic rings. The molecule has 0 saturated carbocycles. The molecule has 0 aromatic heterocycles. The summed E-state index contributed by atoms with van der Waals surface area (Å²) in [6.45, 7) is 5.23. The minimum atomic E-state index is -0.558. The molecule has 32 heavy (non-hydrogen) atoms. The van der Waals surface area contributed by atoms with E-state index in [4.69, 9.17) is 0 Å². The molecule has 2 aromatic rings. The van der Waals surface area contributed by atoms with Gasteiger partial charge in [0.2, 0.25) is 11.6 Å². The summed E-state index contributed by atoms with van der Waals surface area (Å²) in [7, 11) is 5.08. The zero-order valence-corrected chi connectivity index (χ0v) is 19.2. The van der Waals surface area contributed by atoms with Gasteiger partial charge in [-0.3, -0.25) is 19.6 Å². The molecule has 0 radical (unpaired) electrons. The van der Waals surface area contributed by atoms with E-state index in [2.05, 4.69) is 0 Å². The average Bonchev–Trinajstić information content (AvgIpc) is 2.92. The fourth-order valence-electron chi connectivity index (χ4n) is 3.87. The van der Waals surface area contributed by atoms with E-state index in [0.29, 0.717) is 17.0 Å². The first kappa shape index (κ1) is 23.0. The van der Waals surface area contributed by atoms with Crippen LogP contribution in [-0.2, 0) is 9.59 Å². The molecule has 4 rings (SSSR count). The van der Waals surface area contributed by atoms with Crippen LogP contribution in [0, 0.1) is 0 Å². The average molecular weight is 438 g/mol. The standard InChI is InChI=1S/C12H14N2O2.C12H15N2O2/c1-8-11(15)14(3)10-7-5-4-6-9(10)12(16)13(8)2;1-8-10-6-4-5-7-11(10)13(3)12(15)9(2)14(8)16/h4-8H,1-3H3;4-7,9,16H,1-3H3/q;+1. The Bertz CT molecular complexity index is 1110. The Kier molecular flexibility index (Phi) is 6.34. The third kappa shape index (κ3) is 3.84. The van der Waals surface area contributed by atoms with Gasteiger partial charge in [-0.05, 0) is 35.9 Å². The van der Waals surface area contributed by atoms with Crippen LogP contribution in [0.4, 0.5) is 11.4 Å². The highest BCUT2D eigenvalue weighted by molar-refractivity contribution is 6.10. The van der Waals surface area contributed by atoms with Crippen LogP contribution in [0.1, 0.15) is 36.7 Å². The number of fused-ring (bicyclic) bond motifs is 2. The molecule has 8 heteroatoms. The van der Waals surface area contributed by atoms with Gasteiger partial charge in [0.15, 0.2) is 0 Å². The van der Waals surface area contributed by atoms with Gasteiger partial charge < -0.3 is 14.7 Å². The second-order valence-electron chi connectivity index (χ2n) is 8.03. The number of benzodiazepines with no additional fused rings is 1. The van der Waals surface area contributed by atoms with Gasteiger partial charge in [0.05, 0.1) is 22.5 Å². The molecular formula is C24H29N4O4+. The highest BCUT2D eigenvalue weighted by Gasteiger charge is 2.36. The zero-order valence-electron chi connectivity index (χ0n) is 19.2. The Morgan fingerprint density at radius 2 is 1.25 bits per heavy atom. The van der Waals surface area contributed by atoms with Crippen LogP contribution in [0.2, 0.25) is 0 Å². The van der Waals surface area contributed by atoms with Gasteiger partial charge in [-0.1, -0.05) is 24.3 Å². The fraction of sp³-hybridized carbons (Fsp3) is 0.333. The van der Waals surface area contributed by atoms with E-state index in [9.17, 15) is 19.6 Å². The highest BCUT2D eigenvalue weighted by atomic mass is 16.5. The summed E-state index contributed by atoms with van der Waals surface area (Å²) in [6.07, 6.45) is 0. The van der Waals surface area contributed by atoms with E-state index in [1.807, 2.05) is 37.3 Å². The lowest BCUT2D eigenvalue weighted by Gasteiger charge is -2.22. The molecule has 1 N–H and O–H groups in total. The topological polar surface area (TPSA) is 84.2 Å². The van der Waals surface area contributed by atoms with Crippen molar-refractivity contribution in [3.8, 4) is 0 Å². The normalized spacial score (nSPS) is 20.8. The lowest BCUT2D eigenvalue weighted by atomic mass is 10.1. The van der Waals surface area contributed by atoms with Crippen molar-refractivity contribution in [2.24, 2.45) is 0 Å². The van der Waals surface area contributed by atoms with E-state index in [-0.39, 0.29) is 17.7 Å². The first-order valence-corrected chi connectivity index (χ1v) is 10.4. The summed E-state index contributed by atoms with van der Waals surface area (Å²) < 4.78 is 1.03. The van der Waals surface area contributed by atoms with Crippen molar-refractivity contribution in [3.63, 3.8) is 0 Å². The summed E-state index contributed by atoms with van der Waals surface area (Å²) in [5.74, 6) is -0.298. The van der Waals surface area contributed by atoms with Gasteiger partial charge >= 0.3 is 0 Å². The van der Waals surface area contributed by atoms with Crippen LogP contribution in [0.3, 0.4) is 0 Å². The lowest BCUT2D eigenvalue weighted by Crippen LogP contribution is -2.43. The maximum absolute atomic E-state index is 12.1. The summed E-state index contributed by atoms with van der Waals surface area (Å²) in [5, 5.41) is 9.91. The van der Waals surface area contributed by atoms with E-state index in [1.165, 1.54) is 4.90 Å². The molecular weight excluding hydrogens is 408 g/mol. The molecule has 2 atom stereocenters. The maximum Gasteiger partial charge on any atom is 0.300 e. The van der Waals surface area contributed by atoms with E-state index < -0.39 is 12.1 Å². The quantitative estimate of drug-likeness (QED) is 0.507. The summed E-state index contributed by atoms with van der Waals surface area (Å²) in [4.78, 5) is 40.7. The number of carbonyl (C=O) groups excluding carboxylic acids is 3. The van der Waals surface area contributed by atoms with E-state index in [0.717, 1.165) is 16.0 Å². The minimum Gasteiger partial charge on any atom is -0.330 e. The Labute approximate surface area is 187 Å². The van der Waals surface area contributed by atoms with Crippen molar-refractivity contribution in [1.82, 2.24) is 4.90 Å². The zero-order chi connectivity index (χ0) is 23.7. The first-order valence-electron chi connectivity index (χ1n) is 10.4. The summed E-state index contributed by atoms with van der Waals surface area (Å²) >= 11 is 0. The summed E-state index contributed by atoms with van der Waals surface area (Å²) in [5.41, 5.74) is 3.65. The maximum atomic E-state index is 12.1. The molecule has 0 spiro atoms. The summed E-state index contributed by atoms with van der Waals surface area (Å²) in [6, 6.07) is 13.7. The predicted molar refractivity (Wildman–Crippen MR) is 123 cm³/mol. The van der Waals surface area contributed by atoms with Gasteiger partial charge in [0.1, 0.15) is 6.04 Å². The van der Waals surface area contributed by atoms with Gasteiger partial charge in [0, 0.05) is 35.0 Å². The molecule has 0 aliphatic carbocycles. The third-order valence-corrected chi connectivity index (χ3v) is 6.14. The molecule has 0 fully saturated rings. The molecule has 2 heterocycles. The fourth-order valence-corrected chi connectivity index (χ4v) is 3.87. The largest absolute Gasteiger partial charge is 0.330 e. The van der Waals surface area contributed by atoms with Crippen LogP contribution in [0.25, 0.3) is 0 Å². The first-order chi connectivity index (χ1) is 15.1. The Balaban J connectivity index is 0.000000181. The second kappa shape index (κ2) is 8.82. The molecule has 3 amide bonds. The van der Waals surface area contributed by atoms with Crippen molar-refractivity contribution >= 4 is 34.8 Å². The van der Waals surface area contributed by atoms with Crippen LogP contribution in [-0.4, -0.2) is 71.5 Å². The Morgan fingerprint density at radius 1 is 0.781 bits per heavy atom. The number of carbonyl (C=O) groups is 3. The number of likely N-dealkylation sites (N-methyl/N-ethyl adjacent to an activating group) is 3. The lowest BCUT2D eigenvalue weighted by molar-refractivity contribution is -0.787. The molecule has 0 saturated heterocycles. The number of benzene rings is 2. The van der Waals surface area contributed by atoms with Crippen LogP contribution >= 0.6 is 0 Å². The van der Waals surface area contributed by atoms with Gasteiger partial charge in [-0.2, -0.15) is 0 Å². The van der Waals surface area contributed by atoms with E-state index >= 15 is 0 Å². The number of nitrogens with zero attached hydrogens (tertiary/aromatic N) is 4. The minimum absolute atomic E-state index is 0.0687. The molecule has 2 aromatic carbocycles. The number of anilines is 2. The van der Waals surface area contributed by atoms with Gasteiger partial charge in [-0.25, -0.2) is 0 Å². The van der Waals surface area contributed by atoms with Crippen molar-refractivity contribution < 1.29 is 24.3 Å². The smallest absolute Gasteiger partial charge is 0.300 e. The second-order valence-corrected chi connectivity index (χ2v) is 8.03. The monoisotopic (exact) mass is 437 g/mol. The highest BCUT2D eigenvalue weighted by Crippen LogP contribution is 2.26. The van der Waals surface area contributed by atoms with Gasteiger partial charge in [-0.15, -0.1) is 0 Å². The molecule has 2 aliphatic heterocycles. The van der Waals surface area contributed by atoms with Crippen LogP contribution < -0.4 is 9.80 Å². The number of para-hydroxylation sites is 2. The van der Waals surface area contributed by atoms with Crippen LogP contribution in [0.5, 0.6) is 0 Å². The number of hydroxylamine groups is 1. The van der Waals surface area contributed by atoms with Crippen molar-refractivity contribution in [2.45, 2.75) is 32.9 Å². The van der Waals surface area contributed by atoms with E-state index in [1.54, 1.807) is 63.0 Å². The number of rotatable bonds is 0. The Hall–Kier alpha value is -3.68. The molecule has 0 bridgehead atoms. The molecule has 2 unspecified atom stereocenters. The number of hydrogen-bond acceptors (Lipinski definition) is 4. The third-order valence-electron chi connectivity index (χ3n) is 6.14. The van der Waals surface area contributed by atoms with Crippen molar-refractivity contribution in [3.05, 3.63) is 59.7 Å². The van der Waals surface area contributed by atoms with Crippen LogP contribution in [0.15, 0.2) is 48.5 Å². The molecule has 8 nitrogen and oxygen atoms in total. The molecule has 168 valence electrons. The number of hydrogen-bond donors (Lipinski definition) is 1. The van der Waals surface area contributed by atoms with Gasteiger partial charge in [0.25, 0.3) is 17.9 Å². The Morgan fingerprint density at radius 3 is 1.84 bits per heavy atom. The van der Waals surface area contributed by atoms with Crippen molar-refractivity contribution in [1.29, 1.82) is 0 Å². The predicted octanol–water partition coefficient (Wildman–Crippen LogP) is 2.39.